The Morgan fingerprint density at radius 2 is 1.54 bits per heavy atom. The molecule has 35 heavy (non-hydrogen) atoms. The van der Waals surface area contributed by atoms with E-state index in [4.69, 9.17) is 4.42 Å². The summed E-state index contributed by atoms with van der Waals surface area (Å²) in [4.78, 5) is 36.8. The monoisotopic (exact) mass is 474 g/mol. The molecule has 3 N–H and O–H groups in total. The first-order valence-electron chi connectivity index (χ1n) is 10.8. The molecule has 0 unspecified atom stereocenters. The van der Waals surface area contributed by atoms with E-state index in [0.717, 1.165) is 5.56 Å². The number of carbonyl (C=O) groups is 3. The molecule has 0 spiro atoms. The first-order valence-corrected chi connectivity index (χ1v) is 10.8. The second-order valence-electron chi connectivity index (χ2n) is 8.57. The van der Waals surface area contributed by atoms with Gasteiger partial charge in [-0.1, -0.05) is 18.2 Å². The molecule has 8 heteroatoms. The van der Waals surface area contributed by atoms with E-state index in [2.05, 4.69) is 10.6 Å². The zero-order valence-corrected chi connectivity index (χ0v) is 19.3. The minimum atomic E-state index is -1.43. The molecule has 4 aromatic rings. The number of furan rings is 1. The van der Waals surface area contributed by atoms with Crippen LogP contribution in [0.3, 0.4) is 0 Å². The van der Waals surface area contributed by atoms with Crippen molar-refractivity contribution in [1.82, 2.24) is 10.6 Å². The molecule has 3 aromatic carbocycles. The van der Waals surface area contributed by atoms with Gasteiger partial charge in [0.1, 0.15) is 22.7 Å². The number of carboxylic acids is 1. The van der Waals surface area contributed by atoms with E-state index < -0.39 is 23.2 Å². The van der Waals surface area contributed by atoms with Crippen LogP contribution in [-0.2, 0) is 4.79 Å². The number of carbonyl (C=O) groups excluding carboxylic acids is 2. The van der Waals surface area contributed by atoms with Gasteiger partial charge in [-0.05, 0) is 73.5 Å². The number of halogens is 1. The van der Waals surface area contributed by atoms with Crippen molar-refractivity contribution < 1.29 is 28.3 Å². The highest BCUT2D eigenvalue weighted by Gasteiger charge is 2.29. The maximum Gasteiger partial charge on any atom is 0.328 e. The van der Waals surface area contributed by atoms with Crippen molar-refractivity contribution in [3.63, 3.8) is 0 Å². The maximum absolute atomic E-state index is 13.4. The van der Waals surface area contributed by atoms with Crippen molar-refractivity contribution in [2.75, 3.05) is 7.05 Å². The lowest BCUT2D eigenvalue weighted by Gasteiger charge is -2.21. The predicted octanol–water partition coefficient (Wildman–Crippen LogP) is 4.86. The topological polar surface area (TPSA) is 109 Å². The van der Waals surface area contributed by atoms with E-state index in [0.29, 0.717) is 39.0 Å². The molecule has 0 bridgehead atoms. The standard InChI is InChI=1S/C27H23FN2O5/c1-27(2,26(33)34)30-24(31)18-6-4-5-16(13-18)17-9-12-21-20(14-17)22(25(32)29-3)23(35-21)15-7-10-19(28)11-8-15/h4-14H,1-3H3,(H,29,32)(H,30,31)(H,33,34). The predicted molar refractivity (Wildman–Crippen MR) is 130 cm³/mol. The highest BCUT2D eigenvalue weighted by atomic mass is 19.1. The van der Waals surface area contributed by atoms with Crippen LogP contribution >= 0.6 is 0 Å². The third-order valence-corrected chi connectivity index (χ3v) is 5.67. The number of fused-ring (bicyclic) bond motifs is 1. The van der Waals surface area contributed by atoms with E-state index in [1.165, 1.54) is 33.0 Å². The summed E-state index contributed by atoms with van der Waals surface area (Å²) >= 11 is 0. The second-order valence-corrected chi connectivity index (χ2v) is 8.57. The highest BCUT2D eigenvalue weighted by Crippen LogP contribution is 2.36. The number of hydrogen-bond donors (Lipinski definition) is 3. The molecule has 2 amide bonds. The quantitative estimate of drug-likeness (QED) is 0.370. The van der Waals surface area contributed by atoms with Gasteiger partial charge in [0.2, 0.25) is 0 Å². The summed E-state index contributed by atoms with van der Waals surface area (Å²) in [5.74, 6) is -2.10. The van der Waals surface area contributed by atoms with E-state index in [-0.39, 0.29) is 5.91 Å². The summed E-state index contributed by atoms with van der Waals surface area (Å²) < 4.78 is 19.4. The fourth-order valence-electron chi connectivity index (χ4n) is 3.68. The van der Waals surface area contributed by atoms with Crippen LogP contribution < -0.4 is 10.6 Å². The van der Waals surface area contributed by atoms with E-state index in [9.17, 15) is 23.9 Å². The molecule has 7 nitrogen and oxygen atoms in total. The maximum atomic E-state index is 13.4. The first-order chi connectivity index (χ1) is 16.6. The fourth-order valence-corrected chi connectivity index (χ4v) is 3.68. The lowest BCUT2D eigenvalue weighted by Crippen LogP contribution is -2.49. The number of benzene rings is 3. The second kappa shape index (κ2) is 9.06. The van der Waals surface area contributed by atoms with Gasteiger partial charge in [0.05, 0.1) is 5.56 Å². The molecule has 4 rings (SSSR count). The molecule has 0 saturated heterocycles. The Hall–Kier alpha value is -4.46. The van der Waals surface area contributed by atoms with Crippen molar-refractivity contribution in [3.05, 3.63) is 83.7 Å². The molecule has 0 aliphatic rings. The van der Waals surface area contributed by atoms with Crippen LogP contribution in [0.1, 0.15) is 34.6 Å². The minimum Gasteiger partial charge on any atom is -0.480 e. The molecule has 0 saturated carbocycles. The van der Waals surface area contributed by atoms with Gasteiger partial charge in [0, 0.05) is 23.6 Å². The summed E-state index contributed by atoms with van der Waals surface area (Å²) in [6.45, 7) is 2.81. The average Bonchev–Trinajstić information content (AvgIpc) is 3.22. The van der Waals surface area contributed by atoms with Crippen molar-refractivity contribution in [3.8, 4) is 22.5 Å². The lowest BCUT2D eigenvalue weighted by atomic mass is 9.98. The van der Waals surface area contributed by atoms with Gasteiger partial charge in [0.25, 0.3) is 11.8 Å². The Morgan fingerprint density at radius 3 is 2.20 bits per heavy atom. The molecule has 1 heterocycles. The fraction of sp³-hybridized carbons (Fsp3) is 0.148. The third kappa shape index (κ3) is 4.63. The molecule has 0 aliphatic carbocycles. The third-order valence-electron chi connectivity index (χ3n) is 5.67. The molecule has 0 atom stereocenters. The SMILES string of the molecule is CNC(=O)c1c(-c2ccc(F)cc2)oc2ccc(-c3cccc(C(=O)NC(C)(C)C(=O)O)c3)cc12. The van der Waals surface area contributed by atoms with Gasteiger partial charge in [-0.15, -0.1) is 0 Å². The van der Waals surface area contributed by atoms with Crippen molar-refractivity contribution in [2.45, 2.75) is 19.4 Å². The largest absolute Gasteiger partial charge is 0.480 e. The van der Waals surface area contributed by atoms with Gasteiger partial charge < -0.3 is 20.2 Å². The Bertz CT molecular complexity index is 1450. The van der Waals surface area contributed by atoms with E-state index in [1.807, 2.05) is 0 Å². The van der Waals surface area contributed by atoms with Gasteiger partial charge in [-0.2, -0.15) is 0 Å². The number of amides is 2. The van der Waals surface area contributed by atoms with Crippen LogP contribution in [0.15, 0.2) is 71.1 Å². The van der Waals surface area contributed by atoms with E-state index >= 15 is 0 Å². The number of rotatable bonds is 6. The Labute approximate surface area is 200 Å². The van der Waals surface area contributed by atoms with Gasteiger partial charge >= 0.3 is 5.97 Å². The lowest BCUT2D eigenvalue weighted by molar-refractivity contribution is -0.143. The van der Waals surface area contributed by atoms with Crippen molar-refractivity contribution in [2.24, 2.45) is 0 Å². The summed E-state index contributed by atoms with van der Waals surface area (Å²) in [5.41, 5.74) is 1.63. The van der Waals surface area contributed by atoms with Gasteiger partial charge in [-0.3, -0.25) is 9.59 Å². The normalized spacial score (nSPS) is 11.3. The summed E-state index contributed by atoms with van der Waals surface area (Å²) in [6.07, 6.45) is 0. The number of hydrogen-bond acceptors (Lipinski definition) is 4. The summed E-state index contributed by atoms with van der Waals surface area (Å²) in [7, 11) is 1.51. The smallest absolute Gasteiger partial charge is 0.328 e. The first kappa shape index (κ1) is 23.7. The van der Waals surface area contributed by atoms with Crippen LogP contribution in [0.25, 0.3) is 33.4 Å². The number of carboxylic acid groups (broad SMARTS) is 1. The molecule has 178 valence electrons. The Morgan fingerprint density at radius 1 is 0.886 bits per heavy atom. The molecular formula is C27H23FN2O5. The Balaban J connectivity index is 1.78. The average molecular weight is 474 g/mol. The summed E-state index contributed by atoms with van der Waals surface area (Å²) in [6, 6.07) is 17.7. The van der Waals surface area contributed by atoms with Crippen LogP contribution in [0.5, 0.6) is 0 Å². The molecule has 1 aromatic heterocycles. The minimum absolute atomic E-state index is 0.294. The molecule has 0 radical (unpaired) electrons. The van der Waals surface area contributed by atoms with E-state index in [1.54, 1.807) is 54.6 Å². The van der Waals surface area contributed by atoms with Crippen molar-refractivity contribution >= 4 is 28.8 Å². The van der Waals surface area contributed by atoms with Gasteiger partial charge in [0.15, 0.2) is 0 Å². The van der Waals surface area contributed by atoms with Crippen LogP contribution in [0.4, 0.5) is 4.39 Å². The van der Waals surface area contributed by atoms with Crippen LogP contribution in [0, 0.1) is 5.82 Å². The highest BCUT2D eigenvalue weighted by molar-refractivity contribution is 6.12. The number of nitrogens with one attached hydrogen (secondary N) is 2. The molecule has 0 fully saturated rings. The zero-order valence-electron chi connectivity index (χ0n) is 19.3. The summed E-state index contributed by atoms with van der Waals surface area (Å²) in [5, 5.41) is 15.0. The van der Waals surface area contributed by atoms with Crippen molar-refractivity contribution in [1.29, 1.82) is 0 Å². The number of aliphatic carboxylic acids is 1. The Kier molecular flexibility index (Phi) is 6.13. The zero-order chi connectivity index (χ0) is 25.3. The van der Waals surface area contributed by atoms with Crippen LogP contribution in [-0.4, -0.2) is 35.5 Å². The molecular weight excluding hydrogens is 451 g/mol. The molecule has 0 aliphatic heterocycles. The van der Waals surface area contributed by atoms with Crippen LogP contribution in [0.2, 0.25) is 0 Å². The van der Waals surface area contributed by atoms with Gasteiger partial charge in [-0.25, -0.2) is 9.18 Å².